The highest BCUT2D eigenvalue weighted by Crippen LogP contribution is 2.22. The van der Waals surface area contributed by atoms with E-state index in [1.54, 1.807) is 12.1 Å². The third-order valence-electron chi connectivity index (χ3n) is 2.52. The van der Waals surface area contributed by atoms with Crippen molar-refractivity contribution in [3.8, 4) is 0 Å². The van der Waals surface area contributed by atoms with E-state index in [1.807, 2.05) is 0 Å². The van der Waals surface area contributed by atoms with Crippen molar-refractivity contribution >= 4 is 28.9 Å². The Kier molecular flexibility index (Phi) is 4.53. The van der Waals surface area contributed by atoms with Gasteiger partial charge in [-0.2, -0.15) is 0 Å². The van der Waals surface area contributed by atoms with Crippen LogP contribution >= 0.6 is 11.6 Å². The number of carbonyl (C=O) groups is 1. The molecule has 2 rings (SSSR count). The zero-order valence-electron chi connectivity index (χ0n) is 10.3. The van der Waals surface area contributed by atoms with Crippen LogP contribution in [-0.4, -0.2) is 12.5 Å². The lowest BCUT2D eigenvalue weighted by atomic mass is 10.3. The molecule has 104 valence electrons. The van der Waals surface area contributed by atoms with Gasteiger partial charge in [-0.1, -0.05) is 23.7 Å². The summed E-state index contributed by atoms with van der Waals surface area (Å²) in [4.78, 5) is 11.7. The highest BCUT2D eigenvalue weighted by molar-refractivity contribution is 6.33. The molecule has 0 radical (unpaired) electrons. The Morgan fingerprint density at radius 3 is 2.55 bits per heavy atom. The second kappa shape index (κ2) is 6.34. The fraction of sp³-hybridized carbons (Fsp3) is 0.0714. The van der Waals surface area contributed by atoms with E-state index in [9.17, 15) is 13.6 Å². The molecule has 3 nitrogen and oxygen atoms in total. The van der Waals surface area contributed by atoms with Crippen molar-refractivity contribution in [2.45, 2.75) is 0 Å². The molecule has 0 spiro atoms. The Labute approximate surface area is 119 Å². The second-order valence-electron chi connectivity index (χ2n) is 4.01. The van der Waals surface area contributed by atoms with Crippen molar-refractivity contribution < 1.29 is 13.6 Å². The van der Waals surface area contributed by atoms with Crippen LogP contribution in [0.15, 0.2) is 42.5 Å². The van der Waals surface area contributed by atoms with Gasteiger partial charge in [-0.05, 0) is 30.3 Å². The normalized spacial score (nSPS) is 10.2. The molecule has 0 saturated heterocycles. The molecule has 0 heterocycles. The van der Waals surface area contributed by atoms with E-state index in [1.165, 1.54) is 24.3 Å². The maximum Gasteiger partial charge on any atom is 0.243 e. The van der Waals surface area contributed by atoms with Gasteiger partial charge in [0.25, 0.3) is 0 Å². The molecule has 0 aliphatic carbocycles. The zero-order valence-corrected chi connectivity index (χ0v) is 11.0. The smallest absolute Gasteiger partial charge is 0.243 e. The number of anilines is 2. The van der Waals surface area contributed by atoms with Gasteiger partial charge in [-0.15, -0.1) is 0 Å². The summed E-state index contributed by atoms with van der Waals surface area (Å²) in [5.74, 6) is -1.35. The first-order valence-electron chi connectivity index (χ1n) is 5.79. The van der Waals surface area contributed by atoms with E-state index in [2.05, 4.69) is 10.6 Å². The number of hydrogen-bond donors (Lipinski definition) is 2. The minimum absolute atomic E-state index is 0.101. The summed E-state index contributed by atoms with van der Waals surface area (Å²) in [6.07, 6.45) is 0. The number of nitrogens with one attached hydrogen (secondary N) is 2. The number of amides is 1. The third-order valence-corrected chi connectivity index (χ3v) is 2.83. The minimum atomic E-state index is -0.488. The molecule has 0 aromatic heterocycles. The molecule has 0 aliphatic heterocycles. The molecule has 2 aromatic rings. The molecule has 1 amide bonds. The van der Waals surface area contributed by atoms with Crippen LogP contribution in [0.4, 0.5) is 20.2 Å². The van der Waals surface area contributed by atoms with Gasteiger partial charge in [0.15, 0.2) is 0 Å². The summed E-state index contributed by atoms with van der Waals surface area (Å²) in [5.41, 5.74) is 0.529. The molecular weight excluding hydrogens is 286 g/mol. The molecule has 0 unspecified atom stereocenters. The first-order chi connectivity index (χ1) is 9.56. The highest BCUT2D eigenvalue weighted by Gasteiger charge is 2.07. The van der Waals surface area contributed by atoms with Crippen molar-refractivity contribution in [1.29, 1.82) is 0 Å². The summed E-state index contributed by atoms with van der Waals surface area (Å²) in [5, 5.41) is 5.27. The van der Waals surface area contributed by atoms with Crippen LogP contribution in [0.3, 0.4) is 0 Å². The number of carbonyl (C=O) groups excluding carboxylic acids is 1. The van der Waals surface area contributed by atoms with Gasteiger partial charge in [-0.3, -0.25) is 4.79 Å². The summed E-state index contributed by atoms with van der Waals surface area (Å²) < 4.78 is 26.2. The van der Waals surface area contributed by atoms with Crippen molar-refractivity contribution in [3.05, 3.63) is 59.1 Å². The average Bonchev–Trinajstić information content (AvgIpc) is 2.41. The van der Waals surface area contributed by atoms with Gasteiger partial charge >= 0.3 is 0 Å². The van der Waals surface area contributed by atoms with Gasteiger partial charge in [-0.25, -0.2) is 8.78 Å². The van der Waals surface area contributed by atoms with E-state index in [0.29, 0.717) is 5.69 Å². The highest BCUT2D eigenvalue weighted by atomic mass is 35.5. The quantitative estimate of drug-likeness (QED) is 0.904. The largest absolute Gasteiger partial charge is 0.374 e. The minimum Gasteiger partial charge on any atom is -0.374 e. The van der Waals surface area contributed by atoms with E-state index < -0.39 is 17.5 Å². The molecule has 0 bridgehead atoms. The van der Waals surface area contributed by atoms with Crippen molar-refractivity contribution in [2.24, 2.45) is 0 Å². The lowest BCUT2D eigenvalue weighted by Gasteiger charge is -2.09. The number of para-hydroxylation sites is 1. The van der Waals surface area contributed by atoms with Crippen molar-refractivity contribution in [1.82, 2.24) is 0 Å². The Bertz CT molecular complexity index is 634. The summed E-state index contributed by atoms with van der Waals surface area (Å²) in [6, 6.07) is 9.66. The van der Waals surface area contributed by atoms with E-state index in [4.69, 9.17) is 11.6 Å². The third kappa shape index (κ3) is 3.68. The maximum atomic E-state index is 13.3. The van der Waals surface area contributed by atoms with Crippen LogP contribution in [0.1, 0.15) is 0 Å². The maximum absolute atomic E-state index is 13.3. The van der Waals surface area contributed by atoms with Crippen LogP contribution in [0, 0.1) is 11.6 Å². The second-order valence-corrected chi connectivity index (χ2v) is 4.41. The molecule has 2 N–H and O–H groups in total. The summed E-state index contributed by atoms with van der Waals surface area (Å²) in [7, 11) is 0. The Hall–Kier alpha value is -2.14. The van der Waals surface area contributed by atoms with Crippen molar-refractivity contribution in [3.63, 3.8) is 0 Å². The number of halogens is 3. The first-order valence-corrected chi connectivity index (χ1v) is 6.17. The predicted octanol–water partition coefficient (Wildman–Crippen LogP) is 3.67. The van der Waals surface area contributed by atoms with Gasteiger partial charge in [0.2, 0.25) is 5.91 Å². The van der Waals surface area contributed by atoms with E-state index >= 15 is 0 Å². The van der Waals surface area contributed by atoms with Crippen LogP contribution in [0.25, 0.3) is 0 Å². The SMILES string of the molecule is O=C(CNc1ccccc1F)Nc1ccc(F)cc1Cl. The molecule has 6 heteroatoms. The fourth-order valence-electron chi connectivity index (χ4n) is 1.57. The van der Waals surface area contributed by atoms with Gasteiger partial charge in [0.05, 0.1) is 22.9 Å². The molecular formula is C14H11ClF2N2O. The topological polar surface area (TPSA) is 41.1 Å². The van der Waals surface area contributed by atoms with Gasteiger partial charge in [0.1, 0.15) is 11.6 Å². The molecule has 0 saturated carbocycles. The first kappa shape index (κ1) is 14.3. The monoisotopic (exact) mass is 296 g/mol. The Balaban J connectivity index is 1.94. The molecule has 20 heavy (non-hydrogen) atoms. The standard InChI is InChI=1S/C14H11ClF2N2O/c15-10-7-9(16)5-6-12(10)19-14(20)8-18-13-4-2-1-3-11(13)17/h1-7,18H,8H2,(H,19,20). The van der Waals surface area contributed by atoms with Crippen molar-refractivity contribution in [2.75, 3.05) is 17.2 Å². The number of hydrogen-bond acceptors (Lipinski definition) is 2. The van der Waals surface area contributed by atoms with Gasteiger partial charge < -0.3 is 10.6 Å². The van der Waals surface area contributed by atoms with Crippen LogP contribution in [0.5, 0.6) is 0 Å². The van der Waals surface area contributed by atoms with Crippen LogP contribution in [0.2, 0.25) is 5.02 Å². The number of benzene rings is 2. The van der Waals surface area contributed by atoms with Crippen LogP contribution in [-0.2, 0) is 4.79 Å². The molecule has 0 atom stereocenters. The van der Waals surface area contributed by atoms with E-state index in [0.717, 1.165) is 6.07 Å². The van der Waals surface area contributed by atoms with E-state index in [-0.39, 0.29) is 17.3 Å². The lowest BCUT2D eigenvalue weighted by molar-refractivity contribution is -0.114. The number of rotatable bonds is 4. The molecule has 2 aromatic carbocycles. The molecule has 0 aliphatic rings. The fourth-order valence-corrected chi connectivity index (χ4v) is 1.78. The summed E-state index contributed by atoms with van der Waals surface area (Å²) >= 11 is 5.78. The Morgan fingerprint density at radius 2 is 1.85 bits per heavy atom. The average molecular weight is 297 g/mol. The summed E-state index contributed by atoms with van der Waals surface area (Å²) in [6.45, 7) is -0.130. The molecule has 0 fully saturated rings. The Morgan fingerprint density at radius 1 is 1.10 bits per heavy atom. The van der Waals surface area contributed by atoms with Crippen LogP contribution < -0.4 is 10.6 Å². The lowest BCUT2D eigenvalue weighted by Crippen LogP contribution is -2.22. The predicted molar refractivity (Wildman–Crippen MR) is 74.9 cm³/mol. The van der Waals surface area contributed by atoms with Gasteiger partial charge in [0, 0.05) is 0 Å². The zero-order chi connectivity index (χ0) is 14.5.